The second-order valence-electron chi connectivity index (χ2n) is 8.33. The summed E-state index contributed by atoms with van der Waals surface area (Å²) in [5, 5.41) is 12.5. The molecule has 0 spiro atoms. The first-order valence-corrected chi connectivity index (χ1v) is 11.8. The Hall–Kier alpha value is -4.39. The molecule has 13 heteroatoms. The number of nitrogens with one attached hydrogen (secondary N) is 1. The lowest BCUT2D eigenvalue weighted by atomic mass is 10.2. The summed E-state index contributed by atoms with van der Waals surface area (Å²) in [6.45, 7) is 2.93. The van der Waals surface area contributed by atoms with Gasteiger partial charge in [0.15, 0.2) is 0 Å². The third-order valence-electron chi connectivity index (χ3n) is 5.72. The predicted octanol–water partition coefficient (Wildman–Crippen LogP) is 5.70. The number of halogens is 3. The van der Waals surface area contributed by atoms with Gasteiger partial charge >= 0.3 is 6.18 Å². The van der Waals surface area contributed by atoms with Crippen molar-refractivity contribution in [3.05, 3.63) is 92.1 Å². The highest BCUT2D eigenvalue weighted by Crippen LogP contribution is 2.34. The Balaban J connectivity index is 1.50. The van der Waals surface area contributed by atoms with Gasteiger partial charge in [0.25, 0.3) is 16.8 Å². The van der Waals surface area contributed by atoms with Crippen LogP contribution in [0.3, 0.4) is 0 Å². The number of aryl methyl sites for hydroxylation is 1. The third-order valence-corrected chi connectivity index (χ3v) is 6.63. The van der Waals surface area contributed by atoms with Gasteiger partial charge in [-0.2, -0.15) is 13.2 Å². The Bertz CT molecular complexity index is 1500. The van der Waals surface area contributed by atoms with E-state index >= 15 is 0 Å². The molecule has 0 radical (unpaired) electrons. The molecule has 1 saturated heterocycles. The third kappa shape index (κ3) is 5.47. The molecule has 0 bridgehead atoms. The second-order valence-corrected chi connectivity index (χ2v) is 9.32. The van der Waals surface area contributed by atoms with Crippen LogP contribution in [0.25, 0.3) is 11.8 Å². The minimum absolute atomic E-state index is 0.0535. The number of thioether (sulfide) groups is 1. The van der Waals surface area contributed by atoms with Gasteiger partial charge < -0.3 is 9.88 Å². The Morgan fingerprint density at radius 2 is 1.79 bits per heavy atom. The number of carbonyl (C=O) groups excluding carboxylic acids is 3. The molecule has 0 saturated carbocycles. The summed E-state index contributed by atoms with van der Waals surface area (Å²) in [7, 11) is 0. The minimum Gasteiger partial charge on any atom is -0.325 e. The van der Waals surface area contributed by atoms with Crippen LogP contribution in [0.5, 0.6) is 0 Å². The van der Waals surface area contributed by atoms with E-state index in [4.69, 9.17) is 0 Å². The molecule has 0 unspecified atom stereocenters. The molecule has 1 aliphatic heterocycles. The highest BCUT2D eigenvalue weighted by atomic mass is 32.2. The maximum atomic E-state index is 12.9. The van der Waals surface area contributed by atoms with Crippen molar-refractivity contribution >= 4 is 46.3 Å². The number of benzene rings is 2. The number of hydrogen-bond donors (Lipinski definition) is 1. The molecule has 9 nitrogen and oxygen atoms in total. The molecular formula is C25H19F3N4O5S. The number of aromatic nitrogens is 1. The normalized spacial score (nSPS) is 14.9. The van der Waals surface area contributed by atoms with E-state index in [1.807, 2.05) is 11.5 Å². The number of nitrogens with zero attached hydrogens (tertiary/aromatic N) is 3. The zero-order valence-corrected chi connectivity index (χ0v) is 20.7. The number of alkyl halides is 3. The number of anilines is 1. The molecule has 196 valence electrons. The summed E-state index contributed by atoms with van der Waals surface area (Å²) >= 11 is 0.641. The summed E-state index contributed by atoms with van der Waals surface area (Å²) in [5.74, 6) is -1.54. The van der Waals surface area contributed by atoms with E-state index in [0.29, 0.717) is 28.7 Å². The van der Waals surface area contributed by atoms with Crippen LogP contribution < -0.4 is 5.32 Å². The number of rotatable bonds is 6. The van der Waals surface area contributed by atoms with Crippen molar-refractivity contribution in [2.24, 2.45) is 0 Å². The van der Waals surface area contributed by atoms with E-state index in [2.05, 4.69) is 5.32 Å². The number of carbonyl (C=O) groups is 3. The number of imide groups is 1. The van der Waals surface area contributed by atoms with Crippen LogP contribution in [0.2, 0.25) is 0 Å². The minimum atomic E-state index is -4.59. The van der Waals surface area contributed by atoms with Gasteiger partial charge in [-0.3, -0.25) is 29.4 Å². The zero-order chi connectivity index (χ0) is 27.8. The van der Waals surface area contributed by atoms with Crippen molar-refractivity contribution in [2.45, 2.75) is 20.0 Å². The molecule has 2 heterocycles. The van der Waals surface area contributed by atoms with Crippen LogP contribution in [-0.2, 0) is 15.8 Å². The fourth-order valence-corrected chi connectivity index (χ4v) is 4.78. The van der Waals surface area contributed by atoms with Crippen LogP contribution in [0.1, 0.15) is 22.5 Å². The lowest BCUT2D eigenvalue weighted by molar-refractivity contribution is -0.384. The Morgan fingerprint density at radius 1 is 1.11 bits per heavy atom. The number of amides is 3. The van der Waals surface area contributed by atoms with Crippen LogP contribution in [0.4, 0.5) is 29.3 Å². The largest absolute Gasteiger partial charge is 0.416 e. The van der Waals surface area contributed by atoms with Gasteiger partial charge in [-0.15, -0.1) is 0 Å². The Labute approximate surface area is 218 Å². The molecule has 3 amide bonds. The lowest BCUT2D eigenvalue weighted by Gasteiger charge is -2.13. The molecule has 3 aromatic rings. The SMILES string of the molecule is Cc1cc(/C=C2\SC(=O)N(CC(=O)Nc3cccc(C(F)(F)F)c3)C2=O)c(C)n1-c1ccc([N+](=O)[O-])cc1. The van der Waals surface area contributed by atoms with E-state index in [9.17, 15) is 37.7 Å². The summed E-state index contributed by atoms with van der Waals surface area (Å²) in [5.41, 5.74) is 1.67. The molecule has 1 aliphatic rings. The van der Waals surface area contributed by atoms with Crippen molar-refractivity contribution < 1.29 is 32.5 Å². The molecular weight excluding hydrogens is 525 g/mol. The number of nitro benzene ring substituents is 1. The average Bonchev–Trinajstić information content (AvgIpc) is 3.27. The fraction of sp³-hybridized carbons (Fsp3) is 0.160. The van der Waals surface area contributed by atoms with E-state index in [-0.39, 0.29) is 16.3 Å². The topological polar surface area (TPSA) is 115 Å². The van der Waals surface area contributed by atoms with Gasteiger partial charge in [-0.05, 0) is 73.6 Å². The van der Waals surface area contributed by atoms with Crippen molar-refractivity contribution in [3.63, 3.8) is 0 Å². The van der Waals surface area contributed by atoms with E-state index in [1.165, 1.54) is 24.3 Å². The first kappa shape index (κ1) is 26.7. The van der Waals surface area contributed by atoms with Gasteiger partial charge in [0.05, 0.1) is 15.4 Å². The van der Waals surface area contributed by atoms with E-state index in [0.717, 1.165) is 28.8 Å². The molecule has 38 heavy (non-hydrogen) atoms. The zero-order valence-electron chi connectivity index (χ0n) is 19.9. The van der Waals surface area contributed by atoms with Gasteiger partial charge in [0.1, 0.15) is 6.54 Å². The monoisotopic (exact) mass is 544 g/mol. The average molecular weight is 545 g/mol. The molecule has 0 aliphatic carbocycles. The first-order chi connectivity index (χ1) is 17.8. The summed E-state index contributed by atoms with van der Waals surface area (Å²) in [6, 6.07) is 11.7. The van der Waals surface area contributed by atoms with Gasteiger partial charge in [-0.25, -0.2) is 0 Å². The van der Waals surface area contributed by atoms with Gasteiger partial charge in [0, 0.05) is 34.9 Å². The Morgan fingerprint density at radius 3 is 2.42 bits per heavy atom. The molecule has 1 aromatic heterocycles. The smallest absolute Gasteiger partial charge is 0.325 e. The number of hydrogen-bond acceptors (Lipinski definition) is 6. The number of non-ortho nitro benzene ring substituents is 1. The van der Waals surface area contributed by atoms with Gasteiger partial charge in [0.2, 0.25) is 5.91 Å². The second kappa shape index (κ2) is 10.2. The molecule has 1 N–H and O–H groups in total. The van der Waals surface area contributed by atoms with Crippen molar-refractivity contribution in [3.8, 4) is 5.69 Å². The van der Waals surface area contributed by atoms with Crippen molar-refractivity contribution in [1.82, 2.24) is 9.47 Å². The van der Waals surface area contributed by atoms with E-state index in [1.54, 1.807) is 25.1 Å². The molecule has 0 atom stereocenters. The maximum absolute atomic E-state index is 12.9. The highest BCUT2D eigenvalue weighted by molar-refractivity contribution is 8.18. The Kier molecular flexibility index (Phi) is 7.14. The standard InChI is InChI=1S/C25H19F3N4O5S/c1-14-10-16(15(2)31(14)19-6-8-20(9-7-19)32(36)37)11-21-23(34)30(24(35)38-21)13-22(33)29-18-5-3-4-17(12-18)25(26,27)28/h3-12H,13H2,1-2H3,(H,29,33)/b21-11-. The van der Waals surface area contributed by atoms with E-state index < -0.39 is 40.3 Å². The number of nitro groups is 1. The van der Waals surface area contributed by atoms with Crippen LogP contribution in [-0.4, -0.2) is 38.0 Å². The first-order valence-electron chi connectivity index (χ1n) is 11.0. The van der Waals surface area contributed by atoms with Crippen LogP contribution in [0, 0.1) is 24.0 Å². The fourth-order valence-electron chi connectivity index (χ4n) is 3.95. The van der Waals surface area contributed by atoms with Crippen molar-refractivity contribution in [2.75, 3.05) is 11.9 Å². The van der Waals surface area contributed by atoms with Gasteiger partial charge in [-0.1, -0.05) is 6.07 Å². The van der Waals surface area contributed by atoms with Crippen LogP contribution in [0.15, 0.2) is 59.5 Å². The molecule has 4 rings (SSSR count). The summed E-state index contributed by atoms with van der Waals surface area (Å²) in [6.07, 6.45) is -3.08. The van der Waals surface area contributed by atoms with Crippen LogP contribution >= 0.6 is 11.8 Å². The quantitative estimate of drug-likeness (QED) is 0.242. The highest BCUT2D eigenvalue weighted by Gasteiger charge is 2.37. The van der Waals surface area contributed by atoms with Crippen molar-refractivity contribution in [1.29, 1.82) is 0 Å². The summed E-state index contributed by atoms with van der Waals surface area (Å²) in [4.78, 5) is 49.0. The summed E-state index contributed by atoms with van der Waals surface area (Å²) < 4.78 is 40.6. The lowest BCUT2D eigenvalue weighted by Crippen LogP contribution is -2.36. The molecule has 1 fully saturated rings. The molecule has 2 aromatic carbocycles. The maximum Gasteiger partial charge on any atom is 0.416 e. The predicted molar refractivity (Wildman–Crippen MR) is 135 cm³/mol.